The second-order valence-corrected chi connectivity index (χ2v) is 10.5. The third-order valence-electron chi connectivity index (χ3n) is 6.84. The highest BCUT2D eigenvalue weighted by Crippen LogP contribution is 2.33. The number of alkyl halides is 3. The Morgan fingerprint density at radius 3 is 1.93 bits per heavy atom. The monoisotopic (exact) mass is 623 g/mol. The molecule has 3 rings (SSSR count). The fraction of sp³-hybridized carbons (Fsp3) is 0.576. The number of esters is 1. The van der Waals surface area contributed by atoms with Crippen LogP contribution < -0.4 is 0 Å². The highest BCUT2D eigenvalue weighted by Gasteiger charge is 2.53. The summed E-state index contributed by atoms with van der Waals surface area (Å²) in [5, 5.41) is 0. The number of halogens is 3. The molecule has 1 heterocycles. The van der Waals surface area contributed by atoms with Crippen LogP contribution in [-0.2, 0) is 28.4 Å². The summed E-state index contributed by atoms with van der Waals surface area (Å²) >= 11 is 0. The van der Waals surface area contributed by atoms with Crippen LogP contribution in [0.1, 0.15) is 69.7 Å². The number of carbonyl (C=O) groups is 1. The van der Waals surface area contributed by atoms with Gasteiger partial charge in [0.25, 0.3) is 5.90 Å². The summed E-state index contributed by atoms with van der Waals surface area (Å²) in [6, 6.07) is 15.8. The first-order valence-corrected chi connectivity index (χ1v) is 15.4. The summed E-state index contributed by atoms with van der Waals surface area (Å²) in [7, 11) is 0. The maximum Gasteiger partial charge on any atom is 0.468 e. The quantitative estimate of drug-likeness (QED) is 0.0784. The first-order valence-electron chi connectivity index (χ1n) is 15.4. The second-order valence-electron chi connectivity index (χ2n) is 10.5. The fourth-order valence-corrected chi connectivity index (χ4v) is 4.45. The number of ether oxygens (including phenoxy) is 6. The van der Waals surface area contributed by atoms with Gasteiger partial charge in [-0.3, -0.25) is 0 Å². The number of para-hydroxylation sites is 1. The van der Waals surface area contributed by atoms with Crippen molar-refractivity contribution < 1.29 is 46.4 Å². The van der Waals surface area contributed by atoms with Crippen molar-refractivity contribution in [3.63, 3.8) is 0 Å². The third kappa shape index (κ3) is 11.2. The van der Waals surface area contributed by atoms with Crippen LogP contribution in [0.2, 0.25) is 0 Å². The molecular formula is C33H44F3NO7. The minimum atomic E-state index is -4.98. The third-order valence-corrected chi connectivity index (χ3v) is 6.84. The zero-order valence-electron chi connectivity index (χ0n) is 25.7. The number of aliphatic imine (C=N–C) groups is 1. The van der Waals surface area contributed by atoms with E-state index < -0.39 is 48.7 Å². The van der Waals surface area contributed by atoms with Gasteiger partial charge in [-0.15, -0.1) is 0 Å². The Hall–Kier alpha value is -2.99. The summed E-state index contributed by atoms with van der Waals surface area (Å²) in [5.74, 6) is -2.31. The highest BCUT2D eigenvalue weighted by molar-refractivity contribution is 5.89. The molecule has 0 saturated carbocycles. The van der Waals surface area contributed by atoms with Crippen LogP contribution in [0.5, 0.6) is 0 Å². The number of rotatable bonds is 17. The summed E-state index contributed by atoms with van der Waals surface area (Å²) in [4.78, 5) is 17.0. The molecule has 2 aromatic rings. The van der Waals surface area contributed by atoms with Crippen molar-refractivity contribution in [2.75, 3.05) is 26.4 Å². The van der Waals surface area contributed by atoms with E-state index in [9.17, 15) is 18.0 Å². The number of carbonyl (C=O) groups excluding carboxylic acids is 1. The number of hydrogen-bond donors (Lipinski definition) is 0. The van der Waals surface area contributed by atoms with E-state index in [0.29, 0.717) is 19.6 Å². The smallest absolute Gasteiger partial charge is 0.449 e. The molecule has 0 N–H and O–H groups in total. The summed E-state index contributed by atoms with van der Waals surface area (Å²) < 4.78 is 78.9. The molecule has 0 radical (unpaired) electrons. The Balaban J connectivity index is 2.04. The highest BCUT2D eigenvalue weighted by atomic mass is 19.4. The van der Waals surface area contributed by atoms with Crippen molar-refractivity contribution in [3.8, 4) is 0 Å². The van der Waals surface area contributed by atoms with Gasteiger partial charge in [0, 0.05) is 19.8 Å². The fourth-order valence-electron chi connectivity index (χ4n) is 4.45. The minimum absolute atomic E-state index is 0.0147. The van der Waals surface area contributed by atoms with Crippen LogP contribution in [0.15, 0.2) is 65.7 Å². The predicted octanol–water partition coefficient (Wildman–Crippen LogP) is 7.43. The van der Waals surface area contributed by atoms with E-state index in [1.165, 1.54) is 12.1 Å². The van der Waals surface area contributed by atoms with Crippen LogP contribution in [-0.4, -0.2) is 75.2 Å². The topological polar surface area (TPSA) is 84.8 Å². The van der Waals surface area contributed by atoms with Crippen LogP contribution in [0, 0.1) is 0 Å². The molecule has 11 heteroatoms. The molecular weight excluding hydrogens is 579 g/mol. The van der Waals surface area contributed by atoms with Gasteiger partial charge in [0.1, 0.15) is 18.3 Å². The molecule has 1 fully saturated rings. The average molecular weight is 624 g/mol. The second kappa shape index (κ2) is 18.7. The molecule has 244 valence electrons. The van der Waals surface area contributed by atoms with E-state index >= 15 is 0 Å². The Kier molecular flexibility index (Phi) is 15.1. The van der Waals surface area contributed by atoms with Crippen molar-refractivity contribution in [1.29, 1.82) is 0 Å². The largest absolute Gasteiger partial charge is 0.468 e. The maximum atomic E-state index is 14.3. The summed E-state index contributed by atoms with van der Waals surface area (Å²) in [6.45, 7) is 7.07. The molecule has 0 aromatic heterocycles. The molecule has 0 amide bonds. The van der Waals surface area contributed by atoms with E-state index in [4.69, 9.17) is 28.4 Å². The lowest BCUT2D eigenvalue weighted by Gasteiger charge is -2.45. The van der Waals surface area contributed by atoms with E-state index in [1.54, 1.807) is 48.5 Å². The van der Waals surface area contributed by atoms with Crippen molar-refractivity contribution in [1.82, 2.24) is 0 Å². The molecule has 0 aliphatic carbocycles. The zero-order chi connectivity index (χ0) is 31.8. The van der Waals surface area contributed by atoms with Gasteiger partial charge >= 0.3 is 12.1 Å². The van der Waals surface area contributed by atoms with Gasteiger partial charge in [-0.25, -0.2) is 9.79 Å². The van der Waals surface area contributed by atoms with E-state index in [2.05, 4.69) is 4.99 Å². The van der Waals surface area contributed by atoms with Gasteiger partial charge < -0.3 is 28.4 Å². The number of benzene rings is 2. The van der Waals surface area contributed by atoms with Crippen molar-refractivity contribution in [3.05, 3.63) is 66.2 Å². The van der Waals surface area contributed by atoms with Crippen LogP contribution in [0.25, 0.3) is 0 Å². The van der Waals surface area contributed by atoms with Gasteiger partial charge in [0.15, 0.2) is 6.10 Å². The Labute approximate surface area is 257 Å². The average Bonchev–Trinajstić information content (AvgIpc) is 3.02. The molecule has 1 aliphatic rings. The van der Waals surface area contributed by atoms with Crippen LogP contribution in [0.4, 0.5) is 18.9 Å². The maximum absolute atomic E-state index is 14.3. The standard InChI is InChI=1S/C33H44F3NO7/c1-4-7-20-39-23-26-27(40-21-8-5-2)28(41-22-9-6-3)29(43-30(38)24-16-12-10-13-17-24)31(42-26)44-32(33(34,35)36)37-25-18-14-11-15-19-25/h10-19,26-29,31H,4-9,20-23H2,1-3H3/t26?,27-,28+,29?,31?/m1/s1. The SMILES string of the molecule is CCCCOCC1OC(OC(=Nc2ccccc2)C(F)(F)F)C(OC(=O)c2ccccc2)[C@@H](OCCCC)[C@@H]1OCCCC. The van der Waals surface area contributed by atoms with Crippen LogP contribution >= 0.6 is 0 Å². The number of unbranched alkanes of at least 4 members (excludes halogenated alkanes) is 3. The predicted molar refractivity (Wildman–Crippen MR) is 160 cm³/mol. The lowest BCUT2D eigenvalue weighted by atomic mass is 9.98. The zero-order valence-corrected chi connectivity index (χ0v) is 25.7. The molecule has 1 saturated heterocycles. The van der Waals surface area contributed by atoms with E-state index in [0.717, 1.165) is 32.1 Å². The molecule has 3 unspecified atom stereocenters. The van der Waals surface area contributed by atoms with Crippen molar-refractivity contribution in [2.24, 2.45) is 4.99 Å². The van der Waals surface area contributed by atoms with Gasteiger partial charge in [-0.2, -0.15) is 13.2 Å². The molecule has 5 atom stereocenters. The minimum Gasteiger partial charge on any atom is -0.449 e. The normalized spacial score (nSPS) is 22.5. The van der Waals surface area contributed by atoms with Gasteiger partial charge in [-0.05, 0) is 43.5 Å². The first kappa shape index (κ1) is 35.5. The molecule has 8 nitrogen and oxygen atoms in total. The Morgan fingerprint density at radius 2 is 1.34 bits per heavy atom. The van der Waals surface area contributed by atoms with Crippen molar-refractivity contribution in [2.45, 2.75) is 96.2 Å². The molecule has 2 aromatic carbocycles. The lowest BCUT2D eigenvalue weighted by Crippen LogP contribution is -2.63. The molecule has 0 bridgehead atoms. The van der Waals surface area contributed by atoms with Crippen molar-refractivity contribution >= 4 is 17.6 Å². The first-order chi connectivity index (χ1) is 21.3. The lowest BCUT2D eigenvalue weighted by molar-refractivity contribution is -0.301. The molecule has 0 spiro atoms. The molecule has 44 heavy (non-hydrogen) atoms. The Bertz CT molecular complexity index is 1120. The summed E-state index contributed by atoms with van der Waals surface area (Å²) in [6.07, 6.45) is -6.08. The van der Waals surface area contributed by atoms with Gasteiger partial charge in [-0.1, -0.05) is 76.4 Å². The molecule has 1 aliphatic heterocycles. The van der Waals surface area contributed by atoms with Crippen LogP contribution in [0.3, 0.4) is 0 Å². The number of hydrogen-bond acceptors (Lipinski definition) is 8. The van der Waals surface area contributed by atoms with E-state index in [-0.39, 0.29) is 24.5 Å². The van der Waals surface area contributed by atoms with Gasteiger partial charge in [0.05, 0.1) is 17.9 Å². The number of nitrogens with zero attached hydrogens (tertiary/aromatic N) is 1. The Morgan fingerprint density at radius 1 is 0.773 bits per heavy atom. The summed E-state index contributed by atoms with van der Waals surface area (Å²) in [5.41, 5.74) is 0.241. The van der Waals surface area contributed by atoms with E-state index in [1.807, 2.05) is 20.8 Å². The van der Waals surface area contributed by atoms with Gasteiger partial charge in [0.2, 0.25) is 6.29 Å².